The summed E-state index contributed by atoms with van der Waals surface area (Å²) in [5.41, 5.74) is 3.65. The van der Waals surface area contributed by atoms with Gasteiger partial charge in [0.25, 0.3) is 0 Å². The third-order valence-corrected chi connectivity index (χ3v) is 3.20. The third-order valence-electron chi connectivity index (χ3n) is 3.20. The molecule has 0 saturated heterocycles. The van der Waals surface area contributed by atoms with E-state index in [9.17, 15) is 0 Å². The summed E-state index contributed by atoms with van der Waals surface area (Å²) in [6, 6.07) is 12.4. The highest BCUT2D eigenvalue weighted by atomic mass is 15.1. The topological polar surface area (TPSA) is 28.2 Å². The summed E-state index contributed by atoms with van der Waals surface area (Å²) in [5.74, 6) is 0. The quantitative estimate of drug-likeness (QED) is 0.916. The fraction of sp³-hybridized carbons (Fsp3) is 0.353. The summed E-state index contributed by atoms with van der Waals surface area (Å²) in [5, 5.41) is 3.53. The molecule has 0 fully saturated rings. The van der Waals surface area contributed by atoms with Gasteiger partial charge in [0.1, 0.15) is 0 Å². The lowest BCUT2D eigenvalue weighted by molar-refractivity contribution is 0.424. The second-order valence-corrected chi connectivity index (χ2v) is 6.00. The number of aromatic nitrogens is 1. The normalized spacial score (nSPS) is 11.4. The average molecular weight is 269 g/mol. The zero-order chi connectivity index (χ0) is 14.6. The van der Waals surface area contributed by atoms with Gasteiger partial charge in [0.15, 0.2) is 0 Å². The minimum atomic E-state index is 0.103. The molecule has 3 nitrogen and oxygen atoms in total. The van der Waals surface area contributed by atoms with Crippen LogP contribution < -0.4 is 10.2 Å². The van der Waals surface area contributed by atoms with Gasteiger partial charge in [0.05, 0.1) is 11.9 Å². The van der Waals surface area contributed by atoms with Gasteiger partial charge in [0, 0.05) is 31.0 Å². The zero-order valence-electron chi connectivity index (χ0n) is 12.7. The number of para-hydroxylation sites is 1. The van der Waals surface area contributed by atoms with Crippen molar-refractivity contribution in [3.8, 4) is 0 Å². The molecule has 1 heterocycles. The number of anilines is 2. The monoisotopic (exact) mass is 269 g/mol. The van der Waals surface area contributed by atoms with Crippen molar-refractivity contribution in [1.29, 1.82) is 0 Å². The van der Waals surface area contributed by atoms with Crippen LogP contribution in [0.25, 0.3) is 0 Å². The molecule has 0 bridgehead atoms. The van der Waals surface area contributed by atoms with Crippen LogP contribution in [0, 0.1) is 0 Å². The van der Waals surface area contributed by atoms with E-state index in [-0.39, 0.29) is 5.54 Å². The van der Waals surface area contributed by atoms with E-state index in [1.807, 2.05) is 18.5 Å². The smallest absolute Gasteiger partial charge is 0.0640 e. The molecular weight excluding hydrogens is 246 g/mol. The molecule has 0 atom stereocenters. The number of hydrogen-bond acceptors (Lipinski definition) is 3. The van der Waals surface area contributed by atoms with Crippen LogP contribution in [0.1, 0.15) is 26.3 Å². The Morgan fingerprint density at radius 1 is 1.10 bits per heavy atom. The summed E-state index contributed by atoms with van der Waals surface area (Å²) in [7, 11) is 2.08. The molecule has 0 unspecified atom stereocenters. The van der Waals surface area contributed by atoms with Crippen molar-refractivity contribution in [3.05, 3.63) is 54.4 Å². The summed E-state index contributed by atoms with van der Waals surface area (Å²) < 4.78 is 0. The first kappa shape index (κ1) is 14.5. The van der Waals surface area contributed by atoms with Crippen LogP contribution in [-0.4, -0.2) is 17.6 Å². The molecule has 20 heavy (non-hydrogen) atoms. The van der Waals surface area contributed by atoms with E-state index < -0.39 is 0 Å². The number of benzene rings is 1. The van der Waals surface area contributed by atoms with Crippen LogP contribution in [0.2, 0.25) is 0 Å². The van der Waals surface area contributed by atoms with Gasteiger partial charge in [-0.2, -0.15) is 0 Å². The van der Waals surface area contributed by atoms with Crippen LogP contribution in [-0.2, 0) is 6.54 Å². The molecule has 1 N–H and O–H groups in total. The first-order chi connectivity index (χ1) is 9.47. The molecular formula is C17H23N3. The summed E-state index contributed by atoms with van der Waals surface area (Å²) in [6.07, 6.45) is 3.77. The van der Waals surface area contributed by atoms with Gasteiger partial charge >= 0.3 is 0 Å². The Morgan fingerprint density at radius 3 is 2.45 bits per heavy atom. The van der Waals surface area contributed by atoms with Crippen LogP contribution in [0.15, 0.2) is 48.8 Å². The minimum Gasteiger partial charge on any atom is -0.343 e. The van der Waals surface area contributed by atoms with Gasteiger partial charge in [-0.25, -0.2) is 0 Å². The van der Waals surface area contributed by atoms with Crippen LogP contribution >= 0.6 is 0 Å². The van der Waals surface area contributed by atoms with Crippen LogP contribution in [0.4, 0.5) is 11.4 Å². The summed E-state index contributed by atoms with van der Waals surface area (Å²) in [4.78, 5) is 6.44. The van der Waals surface area contributed by atoms with E-state index in [2.05, 4.69) is 73.4 Å². The summed E-state index contributed by atoms with van der Waals surface area (Å²) >= 11 is 0. The number of nitrogens with one attached hydrogen (secondary N) is 1. The molecule has 2 aromatic rings. The molecule has 0 radical (unpaired) electrons. The van der Waals surface area contributed by atoms with Crippen molar-refractivity contribution in [2.24, 2.45) is 0 Å². The molecule has 1 aromatic heterocycles. The average Bonchev–Trinajstić information content (AvgIpc) is 2.45. The Hall–Kier alpha value is -1.87. The molecule has 0 spiro atoms. The van der Waals surface area contributed by atoms with Crippen molar-refractivity contribution in [3.63, 3.8) is 0 Å². The van der Waals surface area contributed by atoms with Crippen molar-refractivity contribution in [2.45, 2.75) is 32.9 Å². The van der Waals surface area contributed by atoms with E-state index in [1.165, 1.54) is 5.56 Å². The Balaban J connectivity index is 2.23. The van der Waals surface area contributed by atoms with Gasteiger partial charge < -0.3 is 10.2 Å². The molecule has 106 valence electrons. The van der Waals surface area contributed by atoms with E-state index in [4.69, 9.17) is 0 Å². The second-order valence-electron chi connectivity index (χ2n) is 6.00. The Labute approximate surface area is 121 Å². The maximum absolute atomic E-state index is 4.27. The molecule has 0 saturated carbocycles. The number of rotatable bonds is 4. The Morgan fingerprint density at radius 2 is 1.80 bits per heavy atom. The van der Waals surface area contributed by atoms with Crippen molar-refractivity contribution >= 4 is 11.4 Å². The van der Waals surface area contributed by atoms with Gasteiger partial charge in [0.2, 0.25) is 0 Å². The zero-order valence-corrected chi connectivity index (χ0v) is 12.7. The molecule has 1 aromatic carbocycles. The van der Waals surface area contributed by atoms with E-state index >= 15 is 0 Å². The van der Waals surface area contributed by atoms with E-state index in [0.717, 1.165) is 17.9 Å². The molecule has 0 aliphatic carbocycles. The highest BCUT2D eigenvalue weighted by Crippen LogP contribution is 2.26. The van der Waals surface area contributed by atoms with E-state index in [1.54, 1.807) is 0 Å². The fourth-order valence-electron chi connectivity index (χ4n) is 2.02. The predicted octanol–water partition coefficient (Wildman–Crippen LogP) is 3.74. The minimum absolute atomic E-state index is 0.103. The Kier molecular flexibility index (Phi) is 4.40. The maximum Gasteiger partial charge on any atom is 0.0640 e. The standard InChI is InChI=1S/C17H23N3/c1-17(2,3)19-12-14-10-11-18-13-16(14)20(4)15-8-6-5-7-9-15/h5-11,13,19H,12H2,1-4H3. The van der Waals surface area contributed by atoms with Gasteiger partial charge in [-0.15, -0.1) is 0 Å². The van der Waals surface area contributed by atoms with Gasteiger partial charge in [-0.1, -0.05) is 18.2 Å². The Bertz CT molecular complexity index is 544. The van der Waals surface area contributed by atoms with Crippen molar-refractivity contribution in [2.75, 3.05) is 11.9 Å². The van der Waals surface area contributed by atoms with Gasteiger partial charge in [-0.3, -0.25) is 4.98 Å². The van der Waals surface area contributed by atoms with E-state index in [0.29, 0.717) is 0 Å². The molecule has 0 aliphatic heterocycles. The van der Waals surface area contributed by atoms with Gasteiger partial charge in [-0.05, 0) is 44.5 Å². The summed E-state index contributed by atoms with van der Waals surface area (Å²) in [6.45, 7) is 7.36. The largest absolute Gasteiger partial charge is 0.343 e. The van der Waals surface area contributed by atoms with Crippen LogP contribution in [0.5, 0.6) is 0 Å². The highest BCUT2D eigenvalue weighted by Gasteiger charge is 2.13. The highest BCUT2D eigenvalue weighted by molar-refractivity contribution is 5.64. The molecule has 0 amide bonds. The lowest BCUT2D eigenvalue weighted by Crippen LogP contribution is -2.35. The molecule has 3 heteroatoms. The number of nitrogens with zero attached hydrogens (tertiary/aromatic N) is 2. The molecule has 2 rings (SSSR count). The van der Waals surface area contributed by atoms with Crippen molar-refractivity contribution in [1.82, 2.24) is 10.3 Å². The van der Waals surface area contributed by atoms with Crippen molar-refractivity contribution < 1.29 is 0 Å². The maximum atomic E-state index is 4.27. The lowest BCUT2D eigenvalue weighted by atomic mass is 10.1. The number of hydrogen-bond donors (Lipinski definition) is 1. The fourth-order valence-corrected chi connectivity index (χ4v) is 2.02. The number of pyridine rings is 1. The van der Waals surface area contributed by atoms with Crippen LogP contribution in [0.3, 0.4) is 0 Å². The lowest BCUT2D eigenvalue weighted by Gasteiger charge is -2.25. The SMILES string of the molecule is CN(c1ccccc1)c1cnccc1CNC(C)(C)C. The first-order valence-electron chi connectivity index (χ1n) is 6.94. The second kappa shape index (κ2) is 6.06. The predicted molar refractivity (Wildman–Crippen MR) is 85.3 cm³/mol. The molecule has 0 aliphatic rings. The third kappa shape index (κ3) is 3.81. The first-order valence-corrected chi connectivity index (χ1v) is 6.94.